The number of benzene rings is 1. The van der Waals surface area contributed by atoms with Gasteiger partial charge in [0.25, 0.3) is 5.91 Å². The lowest BCUT2D eigenvalue weighted by Gasteiger charge is -2.05. The maximum atomic E-state index is 11.9. The van der Waals surface area contributed by atoms with Crippen LogP contribution in [0.15, 0.2) is 42.9 Å². The molecule has 0 aliphatic heterocycles. The Hall–Kier alpha value is -2.34. The summed E-state index contributed by atoms with van der Waals surface area (Å²) in [7, 11) is 0. The summed E-state index contributed by atoms with van der Waals surface area (Å²) >= 11 is 4.86. The molecule has 0 spiro atoms. The van der Waals surface area contributed by atoms with Gasteiger partial charge < -0.3 is 11.1 Å². The lowest BCUT2D eigenvalue weighted by Crippen LogP contribution is -2.15. The highest BCUT2D eigenvalue weighted by molar-refractivity contribution is 7.80. The second-order valence-corrected chi connectivity index (χ2v) is 3.93. The summed E-state index contributed by atoms with van der Waals surface area (Å²) < 4.78 is 0. The number of anilines is 1. The SMILES string of the molecule is NC(=S)c1cccc(C(=O)Nc2cnccn2)c1. The Morgan fingerprint density at radius 2 is 2.06 bits per heavy atom. The Morgan fingerprint density at radius 1 is 1.28 bits per heavy atom. The number of rotatable bonds is 3. The Labute approximate surface area is 109 Å². The van der Waals surface area contributed by atoms with Crippen LogP contribution < -0.4 is 11.1 Å². The molecule has 0 atom stereocenters. The normalized spacial score (nSPS) is 9.78. The number of hydrogen-bond donors (Lipinski definition) is 2. The summed E-state index contributed by atoms with van der Waals surface area (Å²) in [6, 6.07) is 6.78. The van der Waals surface area contributed by atoms with E-state index in [-0.39, 0.29) is 10.9 Å². The van der Waals surface area contributed by atoms with Crippen molar-refractivity contribution in [2.75, 3.05) is 5.32 Å². The van der Waals surface area contributed by atoms with Crippen LogP contribution in [0.3, 0.4) is 0 Å². The smallest absolute Gasteiger partial charge is 0.256 e. The molecule has 0 unspecified atom stereocenters. The lowest BCUT2D eigenvalue weighted by molar-refractivity contribution is 0.102. The molecule has 0 aliphatic rings. The van der Waals surface area contributed by atoms with E-state index in [0.717, 1.165) is 0 Å². The van der Waals surface area contributed by atoms with Gasteiger partial charge in [0.1, 0.15) is 4.99 Å². The molecule has 5 nitrogen and oxygen atoms in total. The first-order valence-electron chi connectivity index (χ1n) is 5.14. The number of aromatic nitrogens is 2. The van der Waals surface area contributed by atoms with Gasteiger partial charge in [0.05, 0.1) is 6.20 Å². The molecule has 90 valence electrons. The average Bonchev–Trinajstić information content (AvgIpc) is 2.40. The molecule has 3 N–H and O–H groups in total. The molecule has 1 aromatic carbocycles. The first-order chi connectivity index (χ1) is 8.66. The van der Waals surface area contributed by atoms with Gasteiger partial charge in [0, 0.05) is 23.5 Å². The largest absolute Gasteiger partial charge is 0.389 e. The Kier molecular flexibility index (Phi) is 3.59. The maximum absolute atomic E-state index is 11.9. The van der Waals surface area contributed by atoms with Crippen molar-refractivity contribution in [1.82, 2.24) is 9.97 Å². The fourth-order valence-electron chi connectivity index (χ4n) is 1.37. The van der Waals surface area contributed by atoms with Gasteiger partial charge in [-0.15, -0.1) is 0 Å². The van der Waals surface area contributed by atoms with Crippen molar-refractivity contribution in [2.24, 2.45) is 5.73 Å². The zero-order valence-corrected chi connectivity index (χ0v) is 10.1. The van der Waals surface area contributed by atoms with Gasteiger partial charge in [-0.3, -0.25) is 9.78 Å². The molecule has 1 heterocycles. The average molecular weight is 258 g/mol. The zero-order chi connectivity index (χ0) is 13.0. The molecule has 2 rings (SSSR count). The minimum absolute atomic E-state index is 0.254. The summed E-state index contributed by atoms with van der Waals surface area (Å²) in [5.74, 6) is 0.108. The minimum atomic E-state index is -0.284. The van der Waals surface area contributed by atoms with Gasteiger partial charge in [-0.25, -0.2) is 4.98 Å². The highest BCUT2D eigenvalue weighted by Crippen LogP contribution is 2.08. The third kappa shape index (κ3) is 2.86. The fourth-order valence-corrected chi connectivity index (χ4v) is 1.49. The van der Waals surface area contributed by atoms with Crippen LogP contribution in [0, 0.1) is 0 Å². The Balaban J connectivity index is 2.19. The van der Waals surface area contributed by atoms with Crippen LogP contribution >= 0.6 is 12.2 Å². The van der Waals surface area contributed by atoms with E-state index in [1.165, 1.54) is 18.6 Å². The number of thiocarbonyl (C=S) groups is 1. The molecule has 2 aromatic rings. The van der Waals surface area contributed by atoms with Crippen molar-refractivity contribution < 1.29 is 4.79 Å². The molecular weight excluding hydrogens is 248 g/mol. The predicted octanol–water partition coefficient (Wildman–Crippen LogP) is 1.36. The Morgan fingerprint density at radius 3 is 2.72 bits per heavy atom. The van der Waals surface area contributed by atoms with Crippen molar-refractivity contribution >= 4 is 28.9 Å². The van der Waals surface area contributed by atoms with Crippen LogP contribution in [-0.2, 0) is 0 Å². The van der Waals surface area contributed by atoms with Gasteiger partial charge in [0.2, 0.25) is 0 Å². The first-order valence-corrected chi connectivity index (χ1v) is 5.55. The van der Waals surface area contributed by atoms with Crippen molar-refractivity contribution in [2.45, 2.75) is 0 Å². The highest BCUT2D eigenvalue weighted by atomic mass is 32.1. The van der Waals surface area contributed by atoms with Gasteiger partial charge in [-0.2, -0.15) is 0 Å². The number of carbonyl (C=O) groups is 1. The topological polar surface area (TPSA) is 80.9 Å². The summed E-state index contributed by atoms with van der Waals surface area (Å²) in [5, 5.41) is 2.63. The van der Waals surface area contributed by atoms with Crippen LogP contribution in [0.5, 0.6) is 0 Å². The lowest BCUT2D eigenvalue weighted by atomic mass is 10.1. The van der Waals surface area contributed by atoms with Gasteiger partial charge in [-0.05, 0) is 12.1 Å². The van der Waals surface area contributed by atoms with E-state index in [2.05, 4.69) is 15.3 Å². The third-order valence-corrected chi connectivity index (χ3v) is 2.45. The number of nitrogens with zero attached hydrogens (tertiary/aromatic N) is 2. The van der Waals surface area contributed by atoms with Crippen LogP contribution in [0.1, 0.15) is 15.9 Å². The van der Waals surface area contributed by atoms with Crippen LogP contribution in [0.4, 0.5) is 5.82 Å². The molecule has 0 bridgehead atoms. The molecule has 1 aromatic heterocycles. The number of nitrogens with one attached hydrogen (secondary N) is 1. The van der Waals surface area contributed by atoms with E-state index in [9.17, 15) is 4.79 Å². The van der Waals surface area contributed by atoms with Gasteiger partial charge >= 0.3 is 0 Å². The van der Waals surface area contributed by atoms with Crippen LogP contribution in [0.2, 0.25) is 0 Å². The molecule has 0 radical (unpaired) electrons. The zero-order valence-electron chi connectivity index (χ0n) is 9.33. The minimum Gasteiger partial charge on any atom is -0.389 e. The van der Waals surface area contributed by atoms with Crippen molar-refractivity contribution in [1.29, 1.82) is 0 Å². The summed E-state index contributed by atoms with van der Waals surface area (Å²) in [4.78, 5) is 20.0. The predicted molar refractivity (Wildman–Crippen MR) is 72.3 cm³/mol. The van der Waals surface area contributed by atoms with Crippen LogP contribution in [0.25, 0.3) is 0 Å². The number of amides is 1. The highest BCUT2D eigenvalue weighted by Gasteiger charge is 2.08. The molecule has 0 saturated heterocycles. The summed E-state index contributed by atoms with van der Waals surface area (Å²) in [6.07, 6.45) is 4.50. The summed E-state index contributed by atoms with van der Waals surface area (Å²) in [5.41, 5.74) is 6.63. The molecule has 0 fully saturated rings. The number of hydrogen-bond acceptors (Lipinski definition) is 4. The van der Waals surface area contributed by atoms with E-state index < -0.39 is 0 Å². The van der Waals surface area contributed by atoms with E-state index >= 15 is 0 Å². The maximum Gasteiger partial charge on any atom is 0.256 e. The molecular formula is C12H10N4OS. The second kappa shape index (κ2) is 5.33. The Bertz CT molecular complexity index is 586. The molecule has 6 heteroatoms. The molecule has 0 saturated carbocycles. The number of nitrogens with two attached hydrogens (primary N) is 1. The van der Waals surface area contributed by atoms with E-state index in [0.29, 0.717) is 16.9 Å². The number of carbonyl (C=O) groups excluding carboxylic acids is 1. The standard InChI is InChI=1S/C12H10N4OS/c13-11(18)8-2-1-3-9(6-8)12(17)16-10-7-14-4-5-15-10/h1-7H,(H2,13,18)(H,15,16,17). The second-order valence-electron chi connectivity index (χ2n) is 3.49. The van der Waals surface area contributed by atoms with Crippen molar-refractivity contribution in [3.05, 3.63) is 54.0 Å². The molecule has 0 aliphatic carbocycles. The van der Waals surface area contributed by atoms with Gasteiger partial charge in [0.15, 0.2) is 5.82 Å². The first kappa shape index (κ1) is 12.1. The third-order valence-electron chi connectivity index (χ3n) is 2.21. The fraction of sp³-hybridized carbons (Fsp3) is 0. The molecule has 18 heavy (non-hydrogen) atoms. The van der Waals surface area contributed by atoms with E-state index in [1.807, 2.05) is 0 Å². The monoisotopic (exact) mass is 258 g/mol. The van der Waals surface area contributed by atoms with E-state index in [1.54, 1.807) is 24.3 Å². The molecule has 1 amide bonds. The van der Waals surface area contributed by atoms with Crippen LogP contribution in [-0.4, -0.2) is 20.9 Å². The van der Waals surface area contributed by atoms with E-state index in [4.69, 9.17) is 18.0 Å². The van der Waals surface area contributed by atoms with Gasteiger partial charge in [-0.1, -0.05) is 24.4 Å². The van der Waals surface area contributed by atoms with Crippen molar-refractivity contribution in [3.8, 4) is 0 Å². The van der Waals surface area contributed by atoms with Crippen molar-refractivity contribution in [3.63, 3.8) is 0 Å². The summed E-state index contributed by atoms with van der Waals surface area (Å²) in [6.45, 7) is 0. The quantitative estimate of drug-likeness (QED) is 0.812.